The Kier molecular flexibility index (Phi) is 4.86. The molecule has 0 saturated heterocycles. The number of hydrogen-bond donors (Lipinski definition) is 2. The number of hydrogen-bond acceptors (Lipinski definition) is 1. The first-order chi connectivity index (χ1) is 9.45. The molecular weight excluding hydrogens is 285 g/mol. The third-order valence-electron chi connectivity index (χ3n) is 3.40. The fourth-order valence-corrected chi connectivity index (χ4v) is 2.59. The Labute approximate surface area is 121 Å². The second kappa shape index (κ2) is 6.43. The van der Waals surface area contributed by atoms with E-state index in [1.54, 1.807) is 6.07 Å². The Balaban J connectivity index is 1.85. The third-order valence-corrected chi connectivity index (χ3v) is 3.66. The van der Waals surface area contributed by atoms with Gasteiger partial charge in [0.1, 0.15) is 0 Å². The average molecular weight is 302 g/mol. The van der Waals surface area contributed by atoms with Crippen LogP contribution in [0.1, 0.15) is 36.8 Å². The Bertz CT molecular complexity index is 468. The fourth-order valence-electron chi connectivity index (χ4n) is 2.35. The van der Waals surface area contributed by atoms with E-state index in [1.165, 1.54) is 18.9 Å². The zero-order valence-electron chi connectivity index (χ0n) is 11.0. The van der Waals surface area contributed by atoms with Crippen molar-refractivity contribution < 1.29 is 13.2 Å². The van der Waals surface area contributed by atoms with Crippen molar-refractivity contribution in [3.05, 3.63) is 35.4 Å². The summed E-state index contributed by atoms with van der Waals surface area (Å²) < 4.78 is 37.7. The van der Waals surface area contributed by atoms with Gasteiger partial charge in [0, 0.05) is 12.6 Å². The summed E-state index contributed by atoms with van der Waals surface area (Å²) in [7, 11) is 0. The van der Waals surface area contributed by atoms with E-state index in [-0.39, 0.29) is 0 Å². The van der Waals surface area contributed by atoms with Crippen molar-refractivity contribution in [1.82, 2.24) is 10.6 Å². The van der Waals surface area contributed by atoms with Crippen molar-refractivity contribution in [2.75, 3.05) is 0 Å². The molecule has 1 aromatic rings. The van der Waals surface area contributed by atoms with Crippen molar-refractivity contribution in [3.8, 4) is 0 Å². The lowest BCUT2D eigenvalue weighted by atomic mass is 10.1. The molecule has 2 nitrogen and oxygen atoms in total. The minimum atomic E-state index is -4.31. The largest absolute Gasteiger partial charge is 0.416 e. The van der Waals surface area contributed by atoms with Crippen LogP contribution >= 0.6 is 12.2 Å². The van der Waals surface area contributed by atoms with Gasteiger partial charge in [0.2, 0.25) is 0 Å². The van der Waals surface area contributed by atoms with Crippen LogP contribution in [0.15, 0.2) is 24.3 Å². The van der Waals surface area contributed by atoms with Crippen LogP contribution in [0.4, 0.5) is 13.2 Å². The van der Waals surface area contributed by atoms with E-state index < -0.39 is 11.7 Å². The molecule has 0 aromatic heterocycles. The van der Waals surface area contributed by atoms with Crippen molar-refractivity contribution in [1.29, 1.82) is 0 Å². The Morgan fingerprint density at radius 2 is 1.95 bits per heavy atom. The Hall–Kier alpha value is -1.30. The van der Waals surface area contributed by atoms with Crippen LogP contribution in [0, 0.1) is 0 Å². The Morgan fingerprint density at radius 3 is 2.60 bits per heavy atom. The van der Waals surface area contributed by atoms with E-state index in [0.717, 1.165) is 25.0 Å². The van der Waals surface area contributed by atoms with E-state index in [9.17, 15) is 13.2 Å². The maximum atomic E-state index is 12.6. The van der Waals surface area contributed by atoms with E-state index in [0.29, 0.717) is 23.3 Å². The summed E-state index contributed by atoms with van der Waals surface area (Å²) in [5.74, 6) is 0. The van der Waals surface area contributed by atoms with Gasteiger partial charge in [0.25, 0.3) is 0 Å². The maximum Gasteiger partial charge on any atom is 0.416 e. The quantitative estimate of drug-likeness (QED) is 0.834. The molecule has 6 heteroatoms. The standard InChI is InChI=1S/C14H17F3N2S/c15-14(16,17)11-5-3-4-10(8-11)9-18-13(20)19-12-6-1-2-7-12/h3-5,8,12H,1-2,6-7,9H2,(H2,18,19,20). The lowest BCUT2D eigenvalue weighted by Gasteiger charge is -2.16. The third kappa shape index (κ3) is 4.37. The van der Waals surface area contributed by atoms with Gasteiger partial charge < -0.3 is 10.6 Å². The van der Waals surface area contributed by atoms with Gasteiger partial charge in [-0.1, -0.05) is 25.0 Å². The predicted molar refractivity (Wildman–Crippen MR) is 76.3 cm³/mol. The van der Waals surface area contributed by atoms with Crippen LogP contribution in [0.5, 0.6) is 0 Å². The highest BCUT2D eigenvalue weighted by atomic mass is 32.1. The highest BCUT2D eigenvalue weighted by Gasteiger charge is 2.30. The van der Waals surface area contributed by atoms with Crippen LogP contribution in [0.3, 0.4) is 0 Å². The van der Waals surface area contributed by atoms with Gasteiger partial charge >= 0.3 is 6.18 Å². The Morgan fingerprint density at radius 1 is 1.25 bits per heavy atom. The van der Waals surface area contributed by atoms with Crippen molar-refractivity contribution in [3.63, 3.8) is 0 Å². The molecule has 2 rings (SSSR count). The van der Waals surface area contributed by atoms with E-state index in [2.05, 4.69) is 10.6 Å². The number of benzene rings is 1. The van der Waals surface area contributed by atoms with Gasteiger partial charge in [-0.25, -0.2) is 0 Å². The first-order valence-electron chi connectivity index (χ1n) is 6.65. The molecule has 1 saturated carbocycles. The molecule has 0 unspecified atom stereocenters. The number of halogens is 3. The predicted octanol–water partition coefficient (Wildman–Crippen LogP) is 3.61. The molecule has 0 amide bonds. The summed E-state index contributed by atoms with van der Waals surface area (Å²) in [4.78, 5) is 0. The average Bonchev–Trinajstić information content (AvgIpc) is 2.88. The molecule has 20 heavy (non-hydrogen) atoms. The number of rotatable bonds is 3. The highest BCUT2D eigenvalue weighted by Crippen LogP contribution is 2.29. The van der Waals surface area contributed by atoms with Gasteiger partial charge in [-0.3, -0.25) is 0 Å². The summed E-state index contributed by atoms with van der Waals surface area (Å²) >= 11 is 5.15. The zero-order valence-corrected chi connectivity index (χ0v) is 11.8. The first kappa shape index (κ1) is 15.1. The molecule has 0 bridgehead atoms. The zero-order chi connectivity index (χ0) is 14.6. The van der Waals surface area contributed by atoms with E-state index >= 15 is 0 Å². The molecule has 1 aromatic carbocycles. The summed E-state index contributed by atoms with van der Waals surface area (Å²) in [5.41, 5.74) is -0.0677. The number of thiocarbonyl (C=S) groups is 1. The van der Waals surface area contributed by atoms with E-state index in [4.69, 9.17) is 12.2 Å². The SMILES string of the molecule is FC(F)(F)c1cccc(CNC(=S)NC2CCCC2)c1. The molecule has 0 aliphatic heterocycles. The lowest BCUT2D eigenvalue weighted by molar-refractivity contribution is -0.137. The van der Waals surface area contributed by atoms with Gasteiger partial charge in [0.15, 0.2) is 5.11 Å². The van der Waals surface area contributed by atoms with Crippen LogP contribution in [-0.4, -0.2) is 11.2 Å². The minimum absolute atomic E-state index is 0.294. The molecule has 110 valence electrons. The highest BCUT2D eigenvalue weighted by molar-refractivity contribution is 7.80. The smallest absolute Gasteiger partial charge is 0.360 e. The van der Waals surface area contributed by atoms with Gasteiger partial charge in [-0.2, -0.15) is 13.2 Å². The van der Waals surface area contributed by atoms with E-state index in [1.807, 2.05) is 0 Å². The summed E-state index contributed by atoms with van der Waals surface area (Å²) in [5, 5.41) is 6.66. The topological polar surface area (TPSA) is 24.1 Å². The van der Waals surface area contributed by atoms with Gasteiger partial charge in [-0.15, -0.1) is 0 Å². The summed E-state index contributed by atoms with van der Waals surface area (Å²) in [6.07, 6.45) is 0.303. The molecule has 2 N–H and O–H groups in total. The van der Waals surface area contributed by atoms with Crippen LogP contribution in [-0.2, 0) is 12.7 Å². The normalized spacial score (nSPS) is 16.1. The van der Waals surface area contributed by atoms with Crippen molar-refractivity contribution in [2.24, 2.45) is 0 Å². The fraction of sp³-hybridized carbons (Fsp3) is 0.500. The first-order valence-corrected chi connectivity index (χ1v) is 7.06. The van der Waals surface area contributed by atoms with Crippen LogP contribution in [0.25, 0.3) is 0 Å². The second-order valence-electron chi connectivity index (χ2n) is 5.01. The monoisotopic (exact) mass is 302 g/mol. The van der Waals surface area contributed by atoms with Crippen LogP contribution in [0.2, 0.25) is 0 Å². The molecule has 0 heterocycles. The summed E-state index contributed by atoms with van der Waals surface area (Å²) in [6, 6.07) is 5.67. The number of nitrogens with one attached hydrogen (secondary N) is 2. The second-order valence-corrected chi connectivity index (χ2v) is 5.41. The van der Waals surface area contributed by atoms with Crippen molar-refractivity contribution in [2.45, 2.75) is 44.4 Å². The summed E-state index contributed by atoms with van der Waals surface area (Å²) in [6.45, 7) is 0.294. The molecule has 1 aliphatic carbocycles. The van der Waals surface area contributed by atoms with Crippen molar-refractivity contribution >= 4 is 17.3 Å². The molecular formula is C14H17F3N2S. The van der Waals surface area contributed by atoms with Crippen LogP contribution < -0.4 is 10.6 Å². The van der Waals surface area contributed by atoms with Gasteiger partial charge in [-0.05, 0) is 42.8 Å². The minimum Gasteiger partial charge on any atom is -0.360 e. The molecule has 0 atom stereocenters. The lowest BCUT2D eigenvalue weighted by Crippen LogP contribution is -2.40. The molecule has 0 spiro atoms. The number of alkyl halides is 3. The molecule has 1 fully saturated rings. The molecule has 1 aliphatic rings. The maximum absolute atomic E-state index is 12.6. The molecule has 0 radical (unpaired) electrons. The van der Waals surface area contributed by atoms with Gasteiger partial charge in [0.05, 0.1) is 5.56 Å².